The Morgan fingerprint density at radius 2 is 1.95 bits per heavy atom. The third kappa shape index (κ3) is 5.42. The maximum Gasteiger partial charge on any atom is 0.310 e. The van der Waals surface area contributed by atoms with Crippen LogP contribution in [0.25, 0.3) is 0 Å². The fraction of sp³-hybridized carbons (Fsp3) is 0.429. The molecular weight excluding hydrogens is 244 g/mol. The predicted molar refractivity (Wildman–Crippen MR) is 73.4 cm³/mol. The van der Waals surface area contributed by atoms with Crippen molar-refractivity contribution in [2.75, 3.05) is 18.9 Å². The van der Waals surface area contributed by atoms with E-state index in [1.165, 1.54) is 0 Å². The van der Waals surface area contributed by atoms with Crippen molar-refractivity contribution >= 4 is 17.6 Å². The third-order valence-corrected chi connectivity index (χ3v) is 2.64. The molecule has 1 atom stereocenters. The summed E-state index contributed by atoms with van der Waals surface area (Å²) in [4.78, 5) is 23.1. The summed E-state index contributed by atoms with van der Waals surface area (Å²) in [6, 6.07) is 7.13. The van der Waals surface area contributed by atoms with Crippen LogP contribution in [0, 0.1) is 5.92 Å². The summed E-state index contributed by atoms with van der Waals surface area (Å²) in [5.41, 5.74) is 7.12. The topological polar surface area (TPSA) is 81.4 Å². The number of amides is 1. The van der Waals surface area contributed by atoms with Gasteiger partial charge in [0.25, 0.3) is 0 Å². The van der Waals surface area contributed by atoms with Gasteiger partial charge >= 0.3 is 5.97 Å². The number of hydrogen-bond acceptors (Lipinski definition) is 4. The molecule has 0 aliphatic rings. The van der Waals surface area contributed by atoms with Gasteiger partial charge in [-0.05, 0) is 24.6 Å². The number of benzene rings is 1. The molecule has 1 aromatic rings. The van der Waals surface area contributed by atoms with E-state index in [2.05, 4.69) is 5.32 Å². The van der Waals surface area contributed by atoms with E-state index >= 15 is 0 Å². The van der Waals surface area contributed by atoms with Crippen LogP contribution in [0.5, 0.6) is 0 Å². The van der Waals surface area contributed by atoms with Gasteiger partial charge in [0.2, 0.25) is 5.91 Å². The fourth-order valence-corrected chi connectivity index (χ4v) is 1.52. The Bertz CT molecular complexity index is 429. The Morgan fingerprint density at radius 1 is 1.32 bits per heavy atom. The second-order valence-corrected chi connectivity index (χ2v) is 4.38. The molecule has 5 heteroatoms. The summed E-state index contributed by atoms with van der Waals surface area (Å²) in [6.07, 6.45) is 0.274. The molecule has 5 nitrogen and oxygen atoms in total. The minimum Gasteiger partial charge on any atom is -0.466 e. The molecule has 1 aromatic carbocycles. The number of anilines is 1. The smallest absolute Gasteiger partial charge is 0.310 e. The van der Waals surface area contributed by atoms with Crippen LogP contribution in [-0.2, 0) is 20.7 Å². The summed E-state index contributed by atoms with van der Waals surface area (Å²) < 4.78 is 4.86. The second-order valence-electron chi connectivity index (χ2n) is 4.38. The summed E-state index contributed by atoms with van der Waals surface area (Å²) in [7, 11) is 0. The molecule has 1 unspecified atom stereocenters. The van der Waals surface area contributed by atoms with E-state index in [9.17, 15) is 9.59 Å². The minimum atomic E-state index is -0.338. The molecule has 0 spiro atoms. The van der Waals surface area contributed by atoms with Crippen molar-refractivity contribution in [3.8, 4) is 0 Å². The van der Waals surface area contributed by atoms with Gasteiger partial charge in [0, 0.05) is 12.2 Å². The van der Waals surface area contributed by atoms with Crippen LogP contribution in [0.15, 0.2) is 24.3 Å². The number of rotatable bonds is 6. The molecule has 1 amide bonds. The van der Waals surface area contributed by atoms with E-state index in [1.54, 1.807) is 26.0 Å². The Labute approximate surface area is 113 Å². The first-order chi connectivity index (χ1) is 9.02. The summed E-state index contributed by atoms with van der Waals surface area (Å²) in [6.45, 7) is 4.11. The fourth-order valence-electron chi connectivity index (χ4n) is 1.52. The van der Waals surface area contributed by atoms with Gasteiger partial charge in [-0.1, -0.05) is 19.1 Å². The molecule has 19 heavy (non-hydrogen) atoms. The number of ether oxygens (including phenoxy) is 1. The Balaban J connectivity index is 2.35. The molecule has 0 saturated heterocycles. The predicted octanol–water partition coefficient (Wildman–Crippen LogP) is 1.13. The number of esters is 1. The van der Waals surface area contributed by atoms with Crippen molar-refractivity contribution in [3.63, 3.8) is 0 Å². The quantitative estimate of drug-likeness (QED) is 0.596. The van der Waals surface area contributed by atoms with E-state index in [0.29, 0.717) is 12.3 Å². The van der Waals surface area contributed by atoms with Gasteiger partial charge in [0.15, 0.2) is 0 Å². The van der Waals surface area contributed by atoms with E-state index in [1.807, 2.05) is 12.1 Å². The van der Waals surface area contributed by atoms with E-state index < -0.39 is 0 Å². The largest absolute Gasteiger partial charge is 0.466 e. The molecule has 104 valence electrons. The number of carbonyl (C=O) groups excluding carboxylic acids is 2. The zero-order valence-corrected chi connectivity index (χ0v) is 11.3. The molecule has 0 saturated carbocycles. The molecule has 1 rings (SSSR count). The highest BCUT2D eigenvalue weighted by Gasteiger charge is 2.14. The molecule has 3 N–H and O–H groups in total. The van der Waals surface area contributed by atoms with Crippen molar-refractivity contribution < 1.29 is 14.3 Å². The molecule has 0 aliphatic carbocycles. The Kier molecular flexibility index (Phi) is 5.85. The first-order valence-electron chi connectivity index (χ1n) is 6.30. The highest BCUT2D eigenvalue weighted by molar-refractivity contribution is 5.79. The minimum absolute atomic E-state index is 0.124. The number of hydrogen-bond donors (Lipinski definition) is 2. The van der Waals surface area contributed by atoms with Gasteiger partial charge < -0.3 is 15.8 Å². The van der Waals surface area contributed by atoms with Crippen LogP contribution < -0.4 is 11.1 Å². The molecule has 0 heterocycles. The molecule has 0 bridgehead atoms. The van der Waals surface area contributed by atoms with Gasteiger partial charge in [-0.2, -0.15) is 0 Å². The van der Waals surface area contributed by atoms with Crippen LogP contribution in [0.2, 0.25) is 0 Å². The van der Waals surface area contributed by atoms with Crippen LogP contribution >= 0.6 is 0 Å². The van der Waals surface area contributed by atoms with Crippen LogP contribution in [0.1, 0.15) is 19.4 Å². The number of nitrogen functional groups attached to an aromatic ring is 1. The average Bonchev–Trinajstić information content (AvgIpc) is 2.39. The van der Waals surface area contributed by atoms with Gasteiger partial charge in [0.1, 0.15) is 0 Å². The number of nitrogens with two attached hydrogens (primary N) is 1. The lowest BCUT2D eigenvalue weighted by molar-refractivity contribution is -0.147. The van der Waals surface area contributed by atoms with E-state index in [4.69, 9.17) is 10.5 Å². The molecule has 0 radical (unpaired) electrons. The van der Waals surface area contributed by atoms with Crippen LogP contribution in [0.3, 0.4) is 0 Å². The monoisotopic (exact) mass is 264 g/mol. The first kappa shape index (κ1) is 15.0. The normalized spacial score (nSPS) is 11.7. The average molecular weight is 264 g/mol. The van der Waals surface area contributed by atoms with Gasteiger partial charge in [0.05, 0.1) is 18.9 Å². The third-order valence-electron chi connectivity index (χ3n) is 2.64. The van der Waals surface area contributed by atoms with Crippen LogP contribution in [0.4, 0.5) is 5.69 Å². The summed E-state index contributed by atoms with van der Waals surface area (Å²) in [5, 5.41) is 2.71. The molecular formula is C14H20N2O3. The maximum atomic E-state index is 11.7. The van der Waals surface area contributed by atoms with Crippen molar-refractivity contribution in [3.05, 3.63) is 29.8 Å². The number of nitrogens with one attached hydrogen (secondary N) is 1. The van der Waals surface area contributed by atoms with Crippen molar-refractivity contribution in [2.45, 2.75) is 20.3 Å². The zero-order valence-electron chi connectivity index (χ0n) is 11.3. The lowest BCUT2D eigenvalue weighted by Crippen LogP contribution is -2.33. The van der Waals surface area contributed by atoms with Gasteiger partial charge in [-0.25, -0.2) is 0 Å². The Hall–Kier alpha value is -2.04. The van der Waals surface area contributed by atoms with Gasteiger partial charge in [-0.15, -0.1) is 0 Å². The molecule has 0 aliphatic heterocycles. The van der Waals surface area contributed by atoms with E-state index in [-0.39, 0.29) is 30.8 Å². The Morgan fingerprint density at radius 3 is 2.53 bits per heavy atom. The zero-order chi connectivity index (χ0) is 14.3. The summed E-state index contributed by atoms with van der Waals surface area (Å²) >= 11 is 0. The second kappa shape index (κ2) is 7.41. The highest BCUT2D eigenvalue weighted by Crippen LogP contribution is 2.06. The van der Waals surface area contributed by atoms with E-state index in [0.717, 1.165) is 5.56 Å². The first-order valence-corrected chi connectivity index (χ1v) is 6.30. The maximum absolute atomic E-state index is 11.7. The summed E-state index contributed by atoms with van der Waals surface area (Å²) in [5.74, 6) is -0.758. The number of carbonyl (C=O) groups is 2. The van der Waals surface area contributed by atoms with Gasteiger partial charge in [-0.3, -0.25) is 9.59 Å². The van der Waals surface area contributed by atoms with Crippen molar-refractivity contribution in [1.82, 2.24) is 5.32 Å². The van der Waals surface area contributed by atoms with Crippen molar-refractivity contribution in [1.29, 1.82) is 0 Å². The SMILES string of the molecule is CCOC(=O)C(C)CNC(=O)Cc1ccc(N)cc1. The highest BCUT2D eigenvalue weighted by atomic mass is 16.5. The molecule has 0 aromatic heterocycles. The lowest BCUT2D eigenvalue weighted by atomic mass is 10.1. The standard InChI is InChI=1S/C14H20N2O3/c1-3-19-14(18)10(2)9-16-13(17)8-11-4-6-12(15)7-5-11/h4-7,10H,3,8-9,15H2,1-2H3,(H,16,17). The molecule has 0 fully saturated rings. The van der Waals surface area contributed by atoms with Crippen molar-refractivity contribution in [2.24, 2.45) is 5.92 Å². The van der Waals surface area contributed by atoms with Crippen LogP contribution in [-0.4, -0.2) is 25.0 Å². The lowest BCUT2D eigenvalue weighted by Gasteiger charge is -2.11.